The Hall–Kier alpha value is -3.50. The van der Waals surface area contributed by atoms with E-state index in [0.717, 1.165) is 43.4 Å². The van der Waals surface area contributed by atoms with Gasteiger partial charge in [0.2, 0.25) is 5.91 Å². The van der Waals surface area contributed by atoms with Gasteiger partial charge in [0.25, 0.3) is 0 Å². The molecule has 1 aromatic heterocycles. The number of carboxylic acids is 1. The SMILES string of the molecule is CCC[C@H](NC(=O)[C@H](Cc1ccccc1)N(N[C@@H](CC1CCCCC1)[C@H](O)CCCc1ccccn1)C(=O)NC(C)(C)C)C(=O)O. The Bertz CT molecular complexity index is 1200. The number of hydrazine groups is 1. The summed E-state index contributed by atoms with van der Waals surface area (Å²) in [5, 5.41) is 28.5. The van der Waals surface area contributed by atoms with Crippen LogP contribution in [0.3, 0.4) is 0 Å². The molecule has 1 aliphatic carbocycles. The van der Waals surface area contributed by atoms with Crippen LogP contribution in [0.25, 0.3) is 0 Å². The maximum Gasteiger partial charge on any atom is 0.332 e. The smallest absolute Gasteiger partial charge is 0.332 e. The van der Waals surface area contributed by atoms with Crippen molar-refractivity contribution in [2.24, 2.45) is 5.92 Å². The van der Waals surface area contributed by atoms with Crippen LogP contribution in [-0.2, 0) is 22.4 Å². The molecule has 1 heterocycles. The number of hydrogen-bond donors (Lipinski definition) is 5. The molecule has 10 heteroatoms. The Kier molecular flexibility index (Phi) is 14.9. The van der Waals surface area contributed by atoms with Crippen LogP contribution in [0.1, 0.15) is 103 Å². The summed E-state index contributed by atoms with van der Waals surface area (Å²) < 4.78 is 0. The van der Waals surface area contributed by atoms with Crippen molar-refractivity contribution >= 4 is 17.9 Å². The molecule has 0 aliphatic heterocycles. The van der Waals surface area contributed by atoms with Gasteiger partial charge in [-0.25, -0.2) is 20.0 Å². The lowest BCUT2D eigenvalue weighted by Crippen LogP contribution is -2.65. The fourth-order valence-corrected chi connectivity index (χ4v) is 6.12. The Balaban J connectivity index is 1.95. The van der Waals surface area contributed by atoms with E-state index in [-0.39, 0.29) is 12.8 Å². The Morgan fingerprint density at radius 1 is 1.00 bits per heavy atom. The molecule has 254 valence electrons. The predicted molar refractivity (Wildman–Crippen MR) is 180 cm³/mol. The van der Waals surface area contributed by atoms with Crippen LogP contribution >= 0.6 is 0 Å². The molecular formula is C36H55N5O5. The first-order valence-electron chi connectivity index (χ1n) is 17.0. The highest BCUT2D eigenvalue weighted by molar-refractivity contribution is 5.90. The largest absolute Gasteiger partial charge is 0.480 e. The number of aliphatic hydroxyl groups excluding tert-OH is 1. The van der Waals surface area contributed by atoms with Crippen LogP contribution in [0.15, 0.2) is 54.7 Å². The van der Waals surface area contributed by atoms with Crippen LogP contribution in [0.2, 0.25) is 0 Å². The maximum absolute atomic E-state index is 14.1. The third-order valence-corrected chi connectivity index (χ3v) is 8.52. The van der Waals surface area contributed by atoms with E-state index in [4.69, 9.17) is 0 Å². The molecular weight excluding hydrogens is 582 g/mol. The molecule has 1 fully saturated rings. The fraction of sp³-hybridized carbons (Fsp3) is 0.611. The van der Waals surface area contributed by atoms with Crippen LogP contribution in [-0.4, -0.2) is 67.9 Å². The number of carboxylic acid groups (broad SMARTS) is 1. The monoisotopic (exact) mass is 637 g/mol. The van der Waals surface area contributed by atoms with E-state index in [1.165, 1.54) is 11.4 Å². The molecule has 1 saturated carbocycles. The molecule has 3 rings (SSSR count). The maximum atomic E-state index is 14.1. The Labute approximate surface area is 274 Å². The van der Waals surface area contributed by atoms with E-state index in [1.807, 2.05) is 76.2 Å². The predicted octanol–water partition coefficient (Wildman–Crippen LogP) is 5.40. The average molecular weight is 638 g/mol. The normalized spacial score (nSPS) is 16.5. The number of amides is 3. The highest BCUT2D eigenvalue weighted by atomic mass is 16.4. The first-order chi connectivity index (χ1) is 22.0. The van der Waals surface area contributed by atoms with Crippen LogP contribution in [0.4, 0.5) is 4.79 Å². The van der Waals surface area contributed by atoms with Crippen LogP contribution < -0.4 is 16.1 Å². The third-order valence-electron chi connectivity index (χ3n) is 8.52. The van der Waals surface area contributed by atoms with E-state index >= 15 is 0 Å². The fourth-order valence-electron chi connectivity index (χ4n) is 6.12. The van der Waals surface area contributed by atoms with E-state index < -0.39 is 47.7 Å². The van der Waals surface area contributed by atoms with E-state index in [1.54, 1.807) is 6.20 Å². The molecule has 2 aromatic rings. The minimum Gasteiger partial charge on any atom is -0.480 e. The Morgan fingerprint density at radius 2 is 1.70 bits per heavy atom. The van der Waals surface area contributed by atoms with Gasteiger partial charge in [0, 0.05) is 23.9 Å². The quantitative estimate of drug-likeness (QED) is 0.146. The van der Waals surface area contributed by atoms with Gasteiger partial charge >= 0.3 is 12.0 Å². The zero-order valence-corrected chi connectivity index (χ0v) is 28.1. The number of rotatable bonds is 17. The van der Waals surface area contributed by atoms with Gasteiger partial charge in [0.05, 0.1) is 12.1 Å². The molecule has 0 spiro atoms. The summed E-state index contributed by atoms with van der Waals surface area (Å²) in [7, 11) is 0. The number of nitrogens with zero attached hydrogens (tertiary/aromatic N) is 2. The molecule has 0 bridgehead atoms. The lowest BCUT2D eigenvalue weighted by Gasteiger charge is -2.39. The topological polar surface area (TPSA) is 144 Å². The molecule has 0 unspecified atom stereocenters. The summed E-state index contributed by atoms with van der Waals surface area (Å²) in [6.45, 7) is 7.45. The zero-order valence-electron chi connectivity index (χ0n) is 28.1. The van der Waals surface area contributed by atoms with Gasteiger partial charge in [-0.05, 0) is 76.5 Å². The number of aliphatic hydroxyl groups is 1. The second kappa shape index (κ2) is 18.6. The van der Waals surface area contributed by atoms with Gasteiger partial charge in [0.1, 0.15) is 12.1 Å². The second-order valence-corrected chi connectivity index (χ2v) is 13.7. The van der Waals surface area contributed by atoms with Crippen molar-refractivity contribution in [3.8, 4) is 0 Å². The van der Waals surface area contributed by atoms with Crippen molar-refractivity contribution in [2.75, 3.05) is 0 Å². The van der Waals surface area contributed by atoms with Crippen LogP contribution in [0.5, 0.6) is 0 Å². The summed E-state index contributed by atoms with van der Waals surface area (Å²) in [5.41, 5.74) is 4.52. The molecule has 5 N–H and O–H groups in total. The minimum absolute atomic E-state index is 0.154. The standard InChI is InChI=1S/C36H55N5O5/c1-5-15-29(34(44)45)38-33(43)31(25-27-18-10-7-11-19-27)41(35(46)39-36(2,3)4)40-30(24-26-16-8-6-9-17-26)32(42)22-14-21-28-20-12-13-23-37-28/h7,10-13,18-20,23,26,29-32,40,42H,5-6,8-9,14-17,21-22,24-25H2,1-4H3,(H,38,43)(H,39,46)(H,44,45)/t29-,30-,31-,32+/m0/s1. The number of urea groups is 1. The van der Waals surface area contributed by atoms with Crippen molar-refractivity contribution in [3.05, 3.63) is 66.0 Å². The molecule has 0 radical (unpaired) electrons. The first kappa shape index (κ1) is 37.0. The summed E-state index contributed by atoms with van der Waals surface area (Å²) in [5.74, 6) is -1.31. The van der Waals surface area contributed by atoms with Gasteiger partial charge in [0.15, 0.2) is 0 Å². The van der Waals surface area contributed by atoms with Gasteiger partial charge in [-0.1, -0.05) is 81.8 Å². The Morgan fingerprint density at radius 3 is 2.30 bits per heavy atom. The number of pyridine rings is 1. The number of carbonyl (C=O) groups is 3. The third kappa shape index (κ3) is 12.7. The van der Waals surface area contributed by atoms with Crippen molar-refractivity contribution in [1.82, 2.24) is 26.1 Å². The van der Waals surface area contributed by atoms with Crippen molar-refractivity contribution in [3.63, 3.8) is 0 Å². The number of aliphatic carboxylic acids is 1. The van der Waals surface area contributed by atoms with E-state index in [9.17, 15) is 24.6 Å². The molecule has 0 saturated heterocycles. The van der Waals surface area contributed by atoms with E-state index in [0.29, 0.717) is 31.6 Å². The molecule has 4 atom stereocenters. The average Bonchev–Trinajstić information content (AvgIpc) is 3.02. The number of aryl methyl sites for hydroxylation is 1. The molecule has 46 heavy (non-hydrogen) atoms. The number of carbonyl (C=O) groups excluding carboxylic acids is 2. The summed E-state index contributed by atoms with van der Waals surface area (Å²) >= 11 is 0. The summed E-state index contributed by atoms with van der Waals surface area (Å²) in [6, 6.07) is 12.0. The van der Waals surface area contributed by atoms with Crippen molar-refractivity contribution in [1.29, 1.82) is 0 Å². The number of aromatic nitrogens is 1. The summed E-state index contributed by atoms with van der Waals surface area (Å²) in [6.07, 6.45) is 10.1. The number of nitrogens with one attached hydrogen (secondary N) is 3. The molecule has 1 aromatic carbocycles. The summed E-state index contributed by atoms with van der Waals surface area (Å²) in [4.78, 5) is 44.5. The van der Waals surface area contributed by atoms with Gasteiger partial charge in [-0.3, -0.25) is 9.78 Å². The minimum atomic E-state index is -1.12. The lowest BCUT2D eigenvalue weighted by atomic mass is 9.83. The highest BCUT2D eigenvalue weighted by Crippen LogP contribution is 2.29. The highest BCUT2D eigenvalue weighted by Gasteiger charge is 2.37. The van der Waals surface area contributed by atoms with Crippen molar-refractivity contribution in [2.45, 2.75) is 135 Å². The molecule has 3 amide bonds. The van der Waals surface area contributed by atoms with Crippen molar-refractivity contribution < 1.29 is 24.6 Å². The lowest BCUT2D eigenvalue weighted by molar-refractivity contribution is -0.143. The van der Waals surface area contributed by atoms with Gasteiger partial charge < -0.3 is 20.8 Å². The molecule has 1 aliphatic rings. The van der Waals surface area contributed by atoms with E-state index in [2.05, 4.69) is 21.0 Å². The van der Waals surface area contributed by atoms with Crippen LogP contribution in [0, 0.1) is 5.92 Å². The second-order valence-electron chi connectivity index (χ2n) is 13.7. The number of hydrogen-bond acceptors (Lipinski definition) is 6. The number of benzene rings is 1. The molecule has 10 nitrogen and oxygen atoms in total. The first-order valence-corrected chi connectivity index (χ1v) is 17.0. The van der Waals surface area contributed by atoms with Gasteiger partial charge in [-0.2, -0.15) is 0 Å². The zero-order chi connectivity index (χ0) is 33.5. The van der Waals surface area contributed by atoms with Gasteiger partial charge in [-0.15, -0.1) is 0 Å².